The Hall–Kier alpha value is -2.44. The molecule has 1 aromatic rings. The highest BCUT2D eigenvalue weighted by Gasteiger charge is 2.23. The largest absolute Gasteiger partial charge is 0.465 e. The van der Waals surface area contributed by atoms with Crippen LogP contribution in [-0.4, -0.2) is 30.6 Å². The van der Waals surface area contributed by atoms with Crippen molar-refractivity contribution in [2.75, 3.05) is 13.7 Å². The van der Waals surface area contributed by atoms with Crippen LogP contribution in [0.4, 0.5) is 5.69 Å². The summed E-state index contributed by atoms with van der Waals surface area (Å²) in [5.74, 6) is -1.52. The highest BCUT2D eigenvalue weighted by atomic mass is 16.6. The van der Waals surface area contributed by atoms with Gasteiger partial charge in [0.15, 0.2) is 0 Å². The summed E-state index contributed by atoms with van der Waals surface area (Å²) in [6, 6.07) is 3.43. The SMILES string of the molecule is CCOC(=O)c1ccc(C(=O)OC)c([N+](=O)[O-])c1. The molecule has 0 saturated carbocycles. The molecular formula is C11H11NO6. The minimum absolute atomic E-state index is 0.0104. The first-order valence-corrected chi connectivity index (χ1v) is 5.05. The highest BCUT2D eigenvalue weighted by molar-refractivity contribution is 5.97. The zero-order chi connectivity index (χ0) is 13.7. The first-order chi connectivity index (χ1) is 8.51. The topological polar surface area (TPSA) is 95.7 Å². The lowest BCUT2D eigenvalue weighted by atomic mass is 10.1. The summed E-state index contributed by atoms with van der Waals surface area (Å²) in [5.41, 5.74) is -0.695. The number of nitro groups is 1. The molecule has 0 spiro atoms. The predicted octanol–water partition coefficient (Wildman–Crippen LogP) is 1.56. The normalized spacial score (nSPS) is 9.67. The number of ether oxygens (including phenoxy) is 2. The van der Waals surface area contributed by atoms with Crippen molar-refractivity contribution in [3.63, 3.8) is 0 Å². The predicted molar refractivity (Wildman–Crippen MR) is 60.4 cm³/mol. The lowest BCUT2D eigenvalue weighted by Crippen LogP contribution is -2.09. The fourth-order valence-corrected chi connectivity index (χ4v) is 1.31. The Morgan fingerprint density at radius 1 is 1.33 bits per heavy atom. The van der Waals surface area contributed by atoms with Gasteiger partial charge in [0.1, 0.15) is 5.56 Å². The Bertz CT molecular complexity index is 496. The fraction of sp³-hybridized carbons (Fsp3) is 0.273. The Morgan fingerprint density at radius 3 is 2.50 bits per heavy atom. The van der Waals surface area contributed by atoms with Gasteiger partial charge in [0.05, 0.1) is 24.2 Å². The number of methoxy groups -OCH3 is 1. The maximum Gasteiger partial charge on any atom is 0.344 e. The van der Waals surface area contributed by atoms with Crippen LogP contribution in [0.3, 0.4) is 0 Å². The van der Waals surface area contributed by atoms with Gasteiger partial charge in [-0.05, 0) is 19.1 Å². The maximum absolute atomic E-state index is 11.4. The van der Waals surface area contributed by atoms with E-state index in [-0.39, 0.29) is 17.7 Å². The fourth-order valence-electron chi connectivity index (χ4n) is 1.31. The van der Waals surface area contributed by atoms with E-state index < -0.39 is 22.5 Å². The third-order valence-corrected chi connectivity index (χ3v) is 2.11. The van der Waals surface area contributed by atoms with Crippen LogP contribution in [0.2, 0.25) is 0 Å². The van der Waals surface area contributed by atoms with Gasteiger partial charge in [-0.15, -0.1) is 0 Å². The number of nitrogens with zero attached hydrogens (tertiary/aromatic N) is 1. The van der Waals surface area contributed by atoms with E-state index in [1.54, 1.807) is 6.92 Å². The summed E-state index contributed by atoms with van der Waals surface area (Å²) in [6.45, 7) is 1.78. The quantitative estimate of drug-likeness (QED) is 0.459. The molecule has 0 radical (unpaired) electrons. The van der Waals surface area contributed by atoms with Crippen molar-refractivity contribution in [1.82, 2.24) is 0 Å². The summed E-state index contributed by atoms with van der Waals surface area (Å²) in [4.78, 5) is 32.8. The zero-order valence-corrected chi connectivity index (χ0v) is 9.84. The molecule has 0 atom stereocenters. The second-order valence-corrected chi connectivity index (χ2v) is 3.20. The van der Waals surface area contributed by atoms with E-state index in [9.17, 15) is 19.7 Å². The molecule has 0 saturated heterocycles. The van der Waals surface area contributed by atoms with Crippen molar-refractivity contribution in [2.45, 2.75) is 6.92 Å². The Morgan fingerprint density at radius 2 is 2.00 bits per heavy atom. The number of hydrogen-bond acceptors (Lipinski definition) is 6. The molecule has 0 aliphatic carbocycles. The molecule has 0 aliphatic rings. The molecule has 0 heterocycles. The van der Waals surface area contributed by atoms with Crippen molar-refractivity contribution in [3.05, 3.63) is 39.4 Å². The van der Waals surface area contributed by atoms with E-state index in [4.69, 9.17) is 4.74 Å². The Balaban J connectivity index is 3.23. The average molecular weight is 253 g/mol. The molecular weight excluding hydrogens is 242 g/mol. The maximum atomic E-state index is 11.4. The van der Waals surface area contributed by atoms with E-state index in [1.807, 2.05) is 0 Å². The molecule has 0 aromatic heterocycles. The Kier molecular flexibility index (Phi) is 4.36. The van der Waals surface area contributed by atoms with Crippen molar-refractivity contribution in [1.29, 1.82) is 0 Å². The lowest BCUT2D eigenvalue weighted by molar-refractivity contribution is -0.385. The number of rotatable bonds is 4. The third kappa shape index (κ3) is 2.82. The monoisotopic (exact) mass is 253 g/mol. The molecule has 7 heteroatoms. The van der Waals surface area contributed by atoms with Gasteiger partial charge in [0, 0.05) is 6.07 Å². The van der Waals surface area contributed by atoms with Gasteiger partial charge in [-0.3, -0.25) is 10.1 Å². The molecule has 0 fully saturated rings. The zero-order valence-electron chi connectivity index (χ0n) is 9.84. The molecule has 1 aromatic carbocycles. The van der Waals surface area contributed by atoms with Crippen molar-refractivity contribution >= 4 is 17.6 Å². The number of carbonyl (C=O) groups is 2. The summed E-state index contributed by atoms with van der Waals surface area (Å²) in [6.07, 6.45) is 0. The summed E-state index contributed by atoms with van der Waals surface area (Å²) < 4.78 is 9.13. The molecule has 7 nitrogen and oxygen atoms in total. The van der Waals surface area contributed by atoms with Crippen molar-refractivity contribution in [2.24, 2.45) is 0 Å². The van der Waals surface area contributed by atoms with Gasteiger partial charge in [-0.2, -0.15) is 0 Å². The van der Waals surface area contributed by atoms with Gasteiger partial charge in [-0.25, -0.2) is 9.59 Å². The van der Waals surface area contributed by atoms with E-state index in [0.717, 1.165) is 19.2 Å². The summed E-state index contributed by atoms with van der Waals surface area (Å²) >= 11 is 0. The first-order valence-electron chi connectivity index (χ1n) is 5.05. The van der Waals surface area contributed by atoms with Crippen LogP contribution in [0.15, 0.2) is 18.2 Å². The van der Waals surface area contributed by atoms with E-state index in [2.05, 4.69) is 4.74 Å². The minimum atomic E-state index is -0.836. The summed E-state index contributed by atoms with van der Waals surface area (Å²) in [7, 11) is 1.12. The lowest BCUT2D eigenvalue weighted by Gasteiger charge is -2.04. The summed E-state index contributed by atoms with van der Waals surface area (Å²) in [5, 5.41) is 10.8. The van der Waals surface area contributed by atoms with Gasteiger partial charge >= 0.3 is 11.9 Å². The van der Waals surface area contributed by atoms with E-state index in [0.29, 0.717) is 0 Å². The minimum Gasteiger partial charge on any atom is -0.465 e. The molecule has 18 heavy (non-hydrogen) atoms. The van der Waals surface area contributed by atoms with Gasteiger partial charge in [0.2, 0.25) is 0 Å². The van der Waals surface area contributed by atoms with Gasteiger partial charge < -0.3 is 9.47 Å². The number of esters is 2. The van der Waals surface area contributed by atoms with Crippen LogP contribution in [0, 0.1) is 10.1 Å². The van der Waals surface area contributed by atoms with Crippen molar-refractivity contribution in [3.8, 4) is 0 Å². The molecule has 0 N–H and O–H groups in total. The van der Waals surface area contributed by atoms with Crippen LogP contribution >= 0.6 is 0 Å². The molecule has 0 aliphatic heterocycles. The first kappa shape index (κ1) is 13.6. The molecule has 1 rings (SSSR count). The third-order valence-electron chi connectivity index (χ3n) is 2.11. The van der Waals surface area contributed by atoms with Crippen molar-refractivity contribution < 1.29 is 24.0 Å². The molecule has 0 unspecified atom stereocenters. The van der Waals surface area contributed by atoms with E-state index >= 15 is 0 Å². The Labute approximate surface area is 102 Å². The van der Waals surface area contributed by atoms with Gasteiger partial charge in [0.25, 0.3) is 5.69 Å². The number of benzene rings is 1. The van der Waals surface area contributed by atoms with Crippen LogP contribution in [0.5, 0.6) is 0 Å². The van der Waals surface area contributed by atoms with Crippen LogP contribution < -0.4 is 0 Å². The molecule has 0 bridgehead atoms. The second kappa shape index (κ2) is 5.76. The number of nitro benzene ring substituents is 1. The standard InChI is InChI=1S/C11H11NO6/c1-3-18-10(13)7-4-5-8(11(14)17-2)9(6-7)12(15)16/h4-6H,3H2,1-2H3. The number of hydrogen-bond donors (Lipinski definition) is 0. The van der Waals surface area contributed by atoms with Gasteiger partial charge in [-0.1, -0.05) is 0 Å². The smallest absolute Gasteiger partial charge is 0.344 e. The van der Waals surface area contributed by atoms with E-state index in [1.165, 1.54) is 6.07 Å². The number of carbonyl (C=O) groups excluding carboxylic acids is 2. The molecule has 96 valence electrons. The highest BCUT2D eigenvalue weighted by Crippen LogP contribution is 2.21. The van der Waals surface area contributed by atoms with Crippen LogP contribution in [-0.2, 0) is 9.47 Å². The second-order valence-electron chi connectivity index (χ2n) is 3.20. The van der Waals surface area contributed by atoms with Crippen LogP contribution in [0.25, 0.3) is 0 Å². The average Bonchev–Trinajstić information content (AvgIpc) is 2.37. The van der Waals surface area contributed by atoms with Crippen LogP contribution in [0.1, 0.15) is 27.6 Å². The molecule has 0 amide bonds.